The van der Waals surface area contributed by atoms with Crippen LogP contribution in [0.4, 0.5) is 19.1 Å². The van der Waals surface area contributed by atoms with Crippen molar-refractivity contribution >= 4 is 17.1 Å². The Balaban J connectivity index is 1.83. The minimum atomic E-state index is -4.13. The molecule has 3 rings (SSSR count). The summed E-state index contributed by atoms with van der Waals surface area (Å²) in [6, 6.07) is 0. The number of imidazole rings is 1. The predicted octanol–water partition coefficient (Wildman–Crippen LogP) is 2.06. The highest BCUT2D eigenvalue weighted by molar-refractivity contribution is 5.70. The Morgan fingerprint density at radius 3 is 2.38 bits per heavy atom. The average Bonchev–Trinajstić information content (AvgIpc) is 2.82. The van der Waals surface area contributed by atoms with Crippen LogP contribution in [-0.4, -0.2) is 26.1 Å². The van der Waals surface area contributed by atoms with Gasteiger partial charge in [0.25, 0.3) is 5.56 Å². The Bertz CT molecular complexity index is 712. The summed E-state index contributed by atoms with van der Waals surface area (Å²) in [7, 11) is 0. The van der Waals surface area contributed by atoms with Gasteiger partial charge in [-0.25, -0.2) is 4.98 Å². The number of nitrogens with two attached hydrogens (primary N) is 1. The molecule has 2 heterocycles. The van der Waals surface area contributed by atoms with E-state index in [-0.39, 0.29) is 35.9 Å². The average molecular weight is 301 g/mol. The maximum absolute atomic E-state index is 12.6. The van der Waals surface area contributed by atoms with Crippen LogP contribution >= 0.6 is 0 Å². The van der Waals surface area contributed by atoms with Gasteiger partial charge in [-0.2, -0.15) is 18.2 Å². The van der Waals surface area contributed by atoms with Crippen molar-refractivity contribution in [2.24, 2.45) is 5.92 Å². The summed E-state index contributed by atoms with van der Waals surface area (Å²) in [4.78, 5) is 25.0. The van der Waals surface area contributed by atoms with E-state index in [1.54, 1.807) is 0 Å². The lowest BCUT2D eigenvalue weighted by atomic mass is 9.81. The zero-order valence-electron chi connectivity index (χ0n) is 11.0. The van der Waals surface area contributed by atoms with Crippen LogP contribution in [0.1, 0.15) is 37.4 Å². The molecular formula is C12H14F3N5O. The van der Waals surface area contributed by atoms with Gasteiger partial charge in [0, 0.05) is 5.92 Å². The zero-order valence-corrected chi connectivity index (χ0v) is 11.0. The minimum absolute atomic E-state index is 0.0358. The molecule has 1 aliphatic carbocycles. The Labute approximate surface area is 117 Å². The molecule has 0 aliphatic heterocycles. The normalized spacial score (nSPS) is 23.6. The SMILES string of the molecule is Nc1nc2nc(C3CCC(C(F)(F)F)CC3)[nH]c2c(=O)[nH]1. The fraction of sp³-hybridized carbons (Fsp3) is 0.583. The first kappa shape index (κ1) is 13.9. The number of nitrogens with zero attached hydrogens (tertiary/aromatic N) is 2. The van der Waals surface area contributed by atoms with Crippen LogP contribution in [-0.2, 0) is 0 Å². The number of nitrogens with one attached hydrogen (secondary N) is 2. The number of alkyl halides is 3. The quantitative estimate of drug-likeness (QED) is 0.750. The summed E-state index contributed by atoms with van der Waals surface area (Å²) in [5, 5.41) is 0. The maximum Gasteiger partial charge on any atom is 0.391 e. The number of fused-ring (bicyclic) bond motifs is 1. The topological polar surface area (TPSA) is 100 Å². The molecule has 0 unspecified atom stereocenters. The van der Waals surface area contributed by atoms with Crippen LogP contribution in [0.15, 0.2) is 4.79 Å². The van der Waals surface area contributed by atoms with E-state index in [9.17, 15) is 18.0 Å². The molecule has 1 saturated carbocycles. The number of aromatic amines is 2. The van der Waals surface area contributed by atoms with Crippen LogP contribution in [0.25, 0.3) is 11.2 Å². The highest BCUT2D eigenvalue weighted by atomic mass is 19.4. The van der Waals surface area contributed by atoms with E-state index in [0.717, 1.165) is 0 Å². The monoisotopic (exact) mass is 301 g/mol. The van der Waals surface area contributed by atoms with Gasteiger partial charge in [-0.15, -0.1) is 0 Å². The Hall–Kier alpha value is -2.06. The van der Waals surface area contributed by atoms with E-state index in [0.29, 0.717) is 18.7 Å². The maximum atomic E-state index is 12.6. The summed E-state index contributed by atoms with van der Waals surface area (Å²) >= 11 is 0. The van der Waals surface area contributed by atoms with Crippen molar-refractivity contribution in [1.29, 1.82) is 0 Å². The minimum Gasteiger partial charge on any atom is -0.369 e. The third-order valence-corrected chi connectivity index (χ3v) is 3.97. The predicted molar refractivity (Wildman–Crippen MR) is 69.7 cm³/mol. The molecule has 1 aliphatic rings. The number of halogens is 3. The van der Waals surface area contributed by atoms with Crippen LogP contribution < -0.4 is 11.3 Å². The molecule has 21 heavy (non-hydrogen) atoms. The van der Waals surface area contributed by atoms with Crippen molar-refractivity contribution in [3.8, 4) is 0 Å². The van der Waals surface area contributed by atoms with Gasteiger partial charge < -0.3 is 10.7 Å². The smallest absolute Gasteiger partial charge is 0.369 e. The number of hydrogen-bond donors (Lipinski definition) is 3. The fourth-order valence-electron chi connectivity index (χ4n) is 2.83. The van der Waals surface area contributed by atoms with Crippen LogP contribution in [0.5, 0.6) is 0 Å². The van der Waals surface area contributed by atoms with Crippen molar-refractivity contribution in [3.63, 3.8) is 0 Å². The van der Waals surface area contributed by atoms with Crippen molar-refractivity contribution in [2.45, 2.75) is 37.8 Å². The molecule has 1 fully saturated rings. The number of aromatic nitrogens is 4. The number of hydrogen-bond acceptors (Lipinski definition) is 4. The van der Waals surface area contributed by atoms with E-state index in [4.69, 9.17) is 5.73 Å². The van der Waals surface area contributed by atoms with Gasteiger partial charge >= 0.3 is 6.18 Å². The molecule has 4 N–H and O–H groups in total. The van der Waals surface area contributed by atoms with E-state index in [1.807, 2.05) is 0 Å². The molecular weight excluding hydrogens is 287 g/mol. The summed E-state index contributed by atoms with van der Waals surface area (Å²) in [5.74, 6) is -0.880. The highest BCUT2D eigenvalue weighted by Crippen LogP contribution is 2.42. The van der Waals surface area contributed by atoms with Gasteiger partial charge in [-0.1, -0.05) is 0 Å². The molecule has 0 amide bonds. The van der Waals surface area contributed by atoms with Gasteiger partial charge in [0.05, 0.1) is 5.92 Å². The van der Waals surface area contributed by atoms with Crippen LogP contribution in [0, 0.1) is 5.92 Å². The molecule has 2 aromatic rings. The van der Waals surface area contributed by atoms with Crippen LogP contribution in [0.2, 0.25) is 0 Å². The Morgan fingerprint density at radius 1 is 1.10 bits per heavy atom. The lowest BCUT2D eigenvalue weighted by Gasteiger charge is -2.28. The standard InChI is InChI=1S/C12H14F3N5O/c13-12(14,15)6-3-1-5(2-4-6)8-17-7-9(18-8)19-11(16)20-10(7)21/h5-6H,1-4H2,(H4,16,17,18,19,20,21). The first-order chi connectivity index (χ1) is 9.84. The third kappa shape index (κ3) is 2.59. The van der Waals surface area contributed by atoms with Crippen molar-refractivity contribution < 1.29 is 13.2 Å². The summed E-state index contributed by atoms with van der Waals surface area (Å²) in [5.41, 5.74) is 5.41. The second-order valence-corrected chi connectivity index (χ2v) is 5.36. The lowest BCUT2D eigenvalue weighted by molar-refractivity contribution is -0.182. The van der Waals surface area contributed by atoms with Gasteiger partial charge in [0.2, 0.25) is 5.95 Å². The molecule has 0 atom stereocenters. The first-order valence-electron chi connectivity index (χ1n) is 6.66. The van der Waals surface area contributed by atoms with Gasteiger partial charge in [-0.05, 0) is 25.7 Å². The number of H-pyrrole nitrogens is 2. The molecule has 0 aromatic carbocycles. The summed E-state index contributed by atoms with van der Waals surface area (Å²) < 4.78 is 37.9. The van der Waals surface area contributed by atoms with E-state index in [1.165, 1.54) is 0 Å². The zero-order chi connectivity index (χ0) is 15.2. The van der Waals surface area contributed by atoms with Crippen molar-refractivity contribution in [3.05, 3.63) is 16.2 Å². The second kappa shape index (κ2) is 4.74. The molecule has 0 bridgehead atoms. The summed E-state index contributed by atoms with van der Waals surface area (Å²) in [6.07, 6.45) is -3.20. The van der Waals surface area contributed by atoms with E-state index in [2.05, 4.69) is 19.9 Å². The molecule has 0 spiro atoms. The molecule has 6 nitrogen and oxygen atoms in total. The number of anilines is 1. The van der Waals surface area contributed by atoms with Crippen molar-refractivity contribution in [1.82, 2.24) is 19.9 Å². The number of rotatable bonds is 1. The van der Waals surface area contributed by atoms with Gasteiger partial charge in [-0.3, -0.25) is 9.78 Å². The first-order valence-corrected chi connectivity index (χ1v) is 6.66. The Kier molecular flexibility index (Phi) is 3.14. The molecule has 0 saturated heterocycles. The number of nitrogen functional groups attached to an aromatic ring is 1. The Morgan fingerprint density at radius 2 is 1.76 bits per heavy atom. The fourth-order valence-corrected chi connectivity index (χ4v) is 2.83. The third-order valence-electron chi connectivity index (χ3n) is 3.97. The van der Waals surface area contributed by atoms with Gasteiger partial charge in [0.15, 0.2) is 11.2 Å². The highest BCUT2D eigenvalue weighted by Gasteiger charge is 2.42. The molecule has 9 heteroatoms. The van der Waals surface area contributed by atoms with Gasteiger partial charge in [0.1, 0.15) is 5.82 Å². The summed E-state index contributed by atoms with van der Waals surface area (Å²) in [6.45, 7) is 0. The van der Waals surface area contributed by atoms with E-state index < -0.39 is 17.7 Å². The lowest BCUT2D eigenvalue weighted by Crippen LogP contribution is -2.27. The van der Waals surface area contributed by atoms with E-state index >= 15 is 0 Å². The molecule has 0 radical (unpaired) electrons. The van der Waals surface area contributed by atoms with Crippen molar-refractivity contribution in [2.75, 3.05) is 5.73 Å². The molecule has 2 aromatic heterocycles. The second-order valence-electron chi connectivity index (χ2n) is 5.36. The largest absolute Gasteiger partial charge is 0.391 e. The molecule has 114 valence electrons. The van der Waals surface area contributed by atoms with Crippen LogP contribution in [0.3, 0.4) is 0 Å².